The summed E-state index contributed by atoms with van der Waals surface area (Å²) in [5.74, 6) is -0.128. The molecule has 0 aromatic heterocycles. The monoisotopic (exact) mass is 245 g/mol. The molecule has 2 rings (SSSR count). The predicted molar refractivity (Wildman–Crippen MR) is 56.6 cm³/mol. The van der Waals surface area contributed by atoms with E-state index in [0.29, 0.717) is 16.8 Å². The molecule has 0 fully saturated rings. The summed E-state index contributed by atoms with van der Waals surface area (Å²) in [5.41, 5.74) is 2.08. The summed E-state index contributed by atoms with van der Waals surface area (Å²) in [7, 11) is 1.50. The maximum atomic E-state index is 11.1. The number of fused-ring (bicyclic) bond motifs is 1. The van der Waals surface area contributed by atoms with Crippen LogP contribution in [0.4, 0.5) is 5.69 Å². The molecule has 4 nitrogen and oxygen atoms in total. The fourth-order valence-corrected chi connectivity index (χ4v) is 2.51. The molecule has 15 heavy (non-hydrogen) atoms. The minimum atomic E-state index is -3.73. The zero-order chi connectivity index (χ0) is 11.2. The number of carbonyl (C=O) groups is 1. The van der Waals surface area contributed by atoms with E-state index in [9.17, 15) is 13.2 Å². The van der Waals surface area contributed by atoms with Crippen molar-refractivity contribution in [2.75, 3.05) is 5.32 Å². The van der Waals surface area contributed by atoms with Gasteiger partial charge in [-0.3, -0.25) is 4.79 Å². The molecular weight excluding hydrogens is 238 g/mol. The Morgan fingerprint density at radius 2 is 2.07 bits per heavy atom. The van der Waals surface area contributed by atoms with Crippen molar-refractivity contribution in [3.63, 3.8) is 0 Å². The molecule has 0 unspecified atom stereocenters. The number of nitrogens with one attached hydrogen (secondary N) is 1. The van der Waals surface area contributed by atoms with E-state index in [0.717, 1.165) is 0 Å². The van der Waals surface area contributed by atoms with Crippen LogP contribution in [0.1, 0.15) is 11.1 Å². The van der Waals surface area contributed by atoms with Crippen LogP contribution in [0.15, 0.2) is 17.0 Å². The largest absolute Gasteiger partial charge is 0.325 e. The molecule has 0 radical (unpaired) electrons. The Hall–Kier alpha value is -1.07. The Labute approximate surface area is 91.7 Å². The number of hydrogen-bond donors (Lipinski definition) is 1. The number of aryl methyl sites for hydroxylation is 1. The lowest BCUT2D eigenvalue weighted by atomic mass is 10.1. The van der Waals surface area contributed by atoms with E-state index >= 15 is 0 Å². The number of hydrogen-bond acceptors (Lipinski definition) is 3. The van der Waals surface area contributed by atoms with Crippen molar-refractivity contribution in [1.82, 2.24) is 0 Å². The number of anilines is 1. The Bertz CT molecular complexity index is 551. The molecule has 1 heterocycles. The first-order chi connectivity index (χ1) is 6.88. The molecule has 0 atom stereocenters. The van der Waals surface area contributed by atoms with Gasteiger partial charge in [0.2, 0.25) is 5.91 Å². The quantitative estimate of drug-likeness (QED) is 0.761. The summed E-state index contributed by atoms with van der Waals surface area (Å²) in [6, 6.07) is 2.88. The molecule has 1 N–H and O–H groups in total. The van der Waals surface area contributed by atoms with Crippen molar-refractivity contribution in [3.05, 3.63) is 23.3 Å². The van der Waals surface area contributed by atoms with Gasteiger partial charge in [-0.05, 0) is 30.2 Å². The van der Waals surface area contributed by atoms with Crippen molar-refractivity contribution >= 4 is 31.3 Å². The first kappa shape index (κ1) is 10.4. The van der Waals surface area contributed by atoms with Crippen molar-refractivity contribution in [2.45, 2.75) is 18.2 Å². The summed E-state index contributed by atoms with van der Waals surface area (Å²) in [4.78, 5) is 11.2. The molecule has 1 aliphatic heterocycles. The zero-order valence-corrected chi connectivity index (χ0v) is 9.45. The van der Waals surface area contributed by atoms with Gasteiger partial charge in [-0.1, -0.05) is 0 Å². The lowest BCUT2D eigenvalue weighted by Crippen LogP contribution is -2.04. The van der Waals surface area contributed by atoms with E-state index in [2.05, 4.69) is 5.32 Å². The molecule has 1 amide bonds. The van der Waals surface area contributed by atoms with Crippen molar-refractivity contribution < 1.29 is 13.2 Å². The number of carbonyl (C=O) groups excluding carboxylic acids is 1. The Morgan fingerprint density at radius 3 is 2.67 bits per heavy atom. The maximum absolute atomic E-state index is 11.1. The highest BCUT2D eigenvalue weighted by Crippen LogP contribution is 2.30. The average Bonchev–Trinajstić information content (AvgIpc) is 2.44. The second-order valence-electron chi connectivity index (χ2n) is 3.44. The minimum Gasteiger partial charge on any atom is -0.325 e. The molecule has 1 aromatic rings. The first-order valence-electron chi connectivity index (χ1n) is 4.26. The van der Waals surface area contributed by atoms with Crippen LogP contribution in [0.2, 0.25) is 0 Å². The SMILES string of the molecule is Cc1cc(S(=O)(=O)Cl)cc2c1NC(=O)C2. The van der Waals surface area contributed by atoms with Crippen LogP contribution in [-0.2, 0) is 20.3 Å². The van der Waals surface area contributed by atoms with Crippen LogP contribution in [0, 0.1) is 6.92 Å². The molecule has 0 saturated carbocycles. The van der Waals surface area contributed by atoms with Crippen LogP contribution < -0.4 is 5.32 Å². The number of rotatable bonds is 1. The van der Waals surface area contributed by atoms with Crippen LogP contribution >= 0.6 is 10.7 Å². The topological polar surface area (TPSA) is 63.2 Å². The van der Waals surface area contributed by atoms with E-state index < -0.39 is 9.05 Å². The van der Waals surface area contributed by atoms with Gasteiger partial charge >= 0.3 is 0 Å². The maximum Gasteiger partial charge on any atom is 0.261 e. The minimum absolute atomic E-state index is 0.0388. The van der Waals surface area contributed by atoms with E-state index in [4.69, 9.17) is 10.7 Å². The van der Waals surface area contributed by atoms with Crippen molar-refractivity contribution in [1.29, 1.82) is 0 Å². The van der Waals surface area contributed by atoms with Gasteiger partial charge in [0.1, 0.15) is 0 Å². The highest BCUT2D eigenvalue weighted by Gasteiger charge is 2.22. The molecule has 6 heteroatoms. The van der Waals surface area contributed by atoms with Crippen LogP contribution in [0.3, 0.4) is 0 Å². The molecule has 1 aromatic carbocycles. The van der Waals surface area contributed by atoms with Gasteiger partial charge < -0.3 is 5.32 Å². The van der Waals surface area contributed by atoms with Gasteiger partial charge in [0.25, 0.3) is 9.05 Å². The van der Waals surface area contributed by atoms with Gasteiger partial charge in [0.05, 0.1) is 11.3 Å². The molecular formula is C9H8ClNO3S. The second-order valence-corrected chi connectivity index (χ2v) is 6.00. The lowest BCUT2D eigenvalue weighted by molar-refractivity contribution is -0.115. The molecule has 0 saturated heterocycles. The fraction of sp³-hybridized carbons (Fsp3) is 0.222. The number of halogens is 1. The number of amides is 1. The van der Waals surface area contributed by atoms with Gasteiger partial charge in [-0.15, -0.1) is 0 Å². The zero-order valence-electron chi connectivity index (χ0n) is 7.87. The van der Waals surface area contributed by atoms with Crippen molar-refractivity contribution in [2.24, 2.45) is 0 Å². The summed E-state index contributed by atoms with van der Waals surface area (Å²) in [5, 5.41) is 2.67. The van der Waals surface area contributed by atoms with E-state index in [1.165, 1.54) is 12.1 Å². The molecule has 1 aliphatic rings. The van der Waals surface area contributed by atoms with Crippen molar-refractivity contribution in [3.8, 4) is 0 Å². The summed E-state index contributed by atoms with van der Waals surface area (Å²) in [6.07, 6.45) is 0.205. The fourth-order valence-electron chi connectivity index (χ4n) is 1.64. The first-order valence-corrected chi connectivity index (χ1v) is 6.57. The van der Waals surface area contributed by atoms with E-state index in [1.807, 2.05) is 0 Å². The highest BCUT2D eigenvalue weighted by atomic mass is 35.7. The Morgan fingerprint density at radius 1 is 1.40 bits per heavy atom. The Balaban J connectivity index is 2.64. The summed E-state index contributed by atoms with van der Waals surface area (Å²) < 4.78 is 22.3. The smallest absolute Gasteiger partial charge is 0.261 e. The molecule has 80 valence electrons. The summed E-state index contributed by atoms with van der Waals surface area (Å²) >= 11 is 0. The van der Waals surface area contributed by atoms with Crippen LogP contribution in [0.5, 0.6) is 0 Å². The third-order valence-electron chi connectivity index (χ3n) is 2.29. The van der Waals surface area contributed by atoms with E-state index in [-0.39, 0.29) is 17.2 Å². The van der Waals surface area contributed by atoms with E-state index in [1.54, 1.807) is 6.92 Å². The third-order valence-corrected chi connectivity index (χ3v) is 3.62. The average molecular weight is 246 g/mol. The van der Waals surface area contributed by atoms with Gasteiger partial charge in [-0.2, -0.15) is 0 Å². The van der Waals surface area contributed by atoms with Gasteiger partial charge in [0.15, 0.2) is 0 Å². The van der Waals surface area contributed by atoms with Crippen LogP contribution in [0.25, 0.3) is 0 Å². The van der Waals surface area contributed by atoms with Gasteiger partial charge in [0, 0.05) is 16.4 Å². The summed E-state index contributed by atoms with van der Waals surface area (Å²) in [6.45, 7) is 1.73. The molecule has 0 spiro atoms. The van der Waals surface area contributed by atoms with Gasteiger partial charge in [-0.25, -0.2) is 8.42 Å². The predicted octanol–water partition coefficient (Wildman–Crippen LogP) is 1.42. The normalized spacial score (nSPS) is 14.9. The number of benzene rings is 1. The van der Waals surface area contributed by atoms with Crippen LogP contribution in [-0.4, -0.2) is 14.3 Å². The molecule has 0 aliphatic carbocycles. The lowest BCUT2D eigenvalue weighted by Gasteiger charge is -2.05. The third kappa shape index (κ3) is 1.85. The Kier molecular flexibility index (Phi) is 2.24. The second kappa shape index (κ2) is 3.21. The molecule has 0 bridgehead atoms. The highest BCUT2D eigenvalue weighted by molar-refractivity contribution is 8.13. The standard InChI is InChI=1S/C9H8ClNO3S/c1-5-2-7(15(10,13)14)3-6-4-8(12)11-9(5)6/h2-3H,4H2,1H3,(H,11,12).